The molecule has 0 heterocycles. The predicted octanol–water partition coefficient (Wildman–Crippen LogP) is 5.19. The van der Waals surface area contributed by atoms with E-state index in [0.29, 0.717) is 0 Å². The van der Waals surface area contributed by atoms with E-state index in [1.165, 1.54) is 33.0 Å². The first-order valence-corrected chi connectivity index (χ1v) is 7.38. The molecule has 19 heavy (non-hydrogen) atoms. The summed E-state index contributed by atoms with van der Waals surface area (Å²) in [5.41, 5.74) is 5.23. The number of aryl methyl sites for hydroxylation is 1. The van der Waals surface area contributed by atoms with Crippen molar-refractivity contribution in [1.82, 2.24) is 0 Å². The van der Waals surface area contributed by atoms with Crippen LogP contribution in [0, 0.1) is 6.92 Å². The smallest absolute Gasteiger partial charge is 0.0128 e. The minimum absolute atomic E-state index is 1.01. The molecule has 0 saturated heterocycles. The second kappa shape index (κ2) is 5.15. The lowest BCUT2D eigenvalue weighted by Crippen LogP contribution is -1.82. The highest BCUT2D eigenvalue weighted by Crippen LogP contribution is 2.25. The van der Waals surface area contributed by atoms with Crippen molar-refractivity contribution in [2.75, 3.05) is 0 Å². The van der Waals surface area contributed by atoms with Gasteiger partial charge in [-0.25, -0.2) is 0 Å². The maximum absolute atomic E-state index is 2.78. The summed E-state index contributed by atoms with van der Waals surface area (Å²) in [6, 6.07) is 22.1. The maximum atomic E-state index is 2.78. The molecule has 0 fully saturated rings. The second-order valence-corrected chi connectivity index (χ2v) is 5.37. The lowest BCUT2D eigenvalue weighted by molar-refractivity contribution is 1.44. The molecule has 3 aromatic rings. The molecule has 1 unspecified atom stereocenters. The third-order valence-corrected chi connectivity index (χ3v) is 4.00. The van der Waals surface area contributed by atoms with Crippen molar-refractivity contribution in [1.29, 1.82) is 0 Å². The molecule has 0 aromatic heterocycles. The number of hydrogen-bond acceptors (Lipinski definition) is 0. The van der Waals surface area contributed by atoms with Gasteiger partial charge in [-0.05, 0) is 46.6 Å². The molecule has 0 aliphatic rings. The summed E-state index contributed by atoms with van der Waals surface area (Å²) in [6.07, 6.45) is 1.01. The van der Waals surface area contributed by atoms with Crippen molar-refractivity contribution in [3.8, 4) is 11.1 Å². The fourth-order valence-corrected chi connectivity index (χ4v) is 2.60. The Morgan fingerprint density at radius 2 is 1.37 bits per heavy atom. The summed E-state index contributed by atoms with van der Waals surface area (Å²) in [6.45, 7) is 2.12. The first-order valence-electron chi connectivity index (χ1n) is 6.56. The summed E-state index contributed by atoms with van der Waals surface area (Å²) < 4.78 is 0. The highest BCUT2D eigenvalue weighted by Gasteiger charge is 2.00. The van der Waals surface area contributed by atoms with Gasteiger partial charge in [0.1, 0.15) is 0 Å². The quantitative estimate of drug-likeness (QED) is 0.559. The molecule has 0 N–H and O–H groups in total. The van der Waals surface area contributed by atoms with E-state index in [-0.39, 0.29) is 0 Å². The van der Waals surface area contributed by atoms with Gasteiger partial charge in [0.05, 0.1) is 0 Å². The van der Waals surface area contributed by atoms with E-state index in [1.54, 1.807) is 0 Å². The number of fused-ring (bicyclic) bond motifs is 1. The van der Waals surface area contributed by atoms with Crippen LogP contribution in [-0.2, 0) is 6.16 Å². The molecule has 3 aromatic carbocycles. The van der Waals surface area contributed by atoms with Gasteiger partial charge in [-0.1, -0.05) is 60.2 Å². The van der Waals surface area contributed by atoms with Crippen molar-refractivity contribution in [3.63, 3.8) is 0 Å². The van der Waals surface area contributed by atoms with E-state index in [4.69, 9.17) is 0 Å². The van der Waals surface area contributed by atoms with Crippen molar-refractivity contribution < 1.29 is 0 Å². The Hall–Kier alpha value is -1.65. The Balaban J connectivity index is 2.08. The topological polar surface area (TPSA) is 0 Å². The van der Waals surface area contributed by atoms with Gasteiger partial charge in [-0.3, -0.25) is 0 Å². The fraction of sp³-hybridized carbons (Fsp3) is 0.111. The Morgan fingerprint density at radius 1 is 0.737 bits per heavy atom. The lowest BCUT2D eigenvalue weighted by Gasteiger charge is -2.06. The van der Waals surface area contributed by atoms with E-state index in [2.05, 4.69) is 76.8 Å². The Morgan fingerprint density at radius 3 is 2.11 bits per heavy atom. The molecule has 94 valence electrons. The summed E-state index contributed by atoms with van der Waals surface area (Å²) >= 11 is 0. The number of hydrogen-bond donors (Lipinski definition) is 0. The average molecular weight is 264 g/mol. The van der Waals surface area contributed by atoms with E-state index in [9.17, 15) is 0 Å². The van der Waals surface area contributed by atoms with E-state index >= 15 is 0 Å². The van der Waals surface area contributed by atoms with E-state index in [1.807, 2.05) is 0 Å². The number of rotatable bonds is 2. The minimum Gasteiger partial charge on any atom is -0.133 e. The van der Waals surface area contributed by atoms with Crippen LogP contribution in [0.4, 0.5) is 0 Å². The van der Waals surface area contributed by atoms with Gasteiger partial charge < -0.3 is 0 Å². The monoisotopic (exact) mass is 264 g/mol. The van der Waals surface area contributed by atoms with Crippen LogP contribution in [0.3, 0.4) is 0 Å². The summed E-state index contributed by atoms with van der Waals surface area (Å²) in [5, 5.41) is 2.62. The summed E-state index contributed by atoms with van der Waals surface area (Å²) in [4.78, 5) is 0. The molecule has 3 rings (SSSR count). The van der Waals surface area contributed by atoms with Crippen LogP contribution >= 0.6 is 9.24 Å². The van der Waals surface area contributed by atoms with Gasteiger partial charge in [0.15, 0.2) is 0 Å². The van der Waals surface area contributed by atoms with Crippen LogP contribution in [0.15, 0.2) is 60.7 Å². The standard InChI is InChI=1S/C18H17P/c1-13-2-5-15(6-3-13)17-9-8-16-10-14(12-19)4-7-18(16)11-17/h2-11H,12,19H2,1H3. The van der Waals surface area contributed by atoms with Gasteiger partial charge >= 0.3 is 0 Å². The van der Waals surface area contributed by atoms with Crippen LogP contribution in [0.5, 0.6) is 0 Å². The summed E-state index contributed by atoms with van der Waals surface area (Å²) in [7, 11) is 2.78. The molecular formula is C18H17P. The third-order valence-electron chi connectivity index (χ3n) is 3.53. The maximum Gasteiger partial charge on any atom is -0.0128 e. The van der Waals surface area contributed by atoms with Gasteiger partial charge in [0.2, 0.25) is 0 Å². The molecule has 0 spiro atoms. The van der Waals surface area contributed by atoms with Gasteiger partial charge in [0.25, 0.3) is 0 Å². The Kier molecular flexibility index (Phi) is 3.36. The van der Waals surface area contributed by atoms with Crippen LogP contribution in [0.2, 0.25) is 0 Å². The normalized spacial score (nSPS) is 10.8. The molecule has 0 saturated carbocycles. The van der Waals surface area contributed by atoms with Gasteiger partial charge in [-0.15, -0.1) is 9.24 Å². The predicted molar refractivity (Wildman–Crippen MR) is 87.5 cm³/mol. The van der Waals surface area contributed by atoms with Gasteiger partial charge in [-0.2, -0.15) is 0 Å². The molecule has 1 heteroatoms. The van der Waals surface area contributed by atoms with Crippen LogP contribution < -0.4 is 0 Å². The minimum atomic E-state index is 1.01. The molecule has 0 bridgehead atoms. The largest absolute Gasteiger partial charge is 0.133 e. The Bertz CT molecular complexity index is 711. The SMILES string of the molecule is Cc1ccc(-c2ccc3cc(CP)ccc3c2)cc1. The Labute approximate surface area is 116 Å². The number of benzene rings is 3. The van der Waals surface area contributed by atoms with Crippen molar-refractivity contribution >= 4 is 20.0 Å². The summed E-state index contributed by atoms with van der Waals surface area (Å²) in [5.74, 6) is 0. The third kappa shape index (κ3) is 2.55. The average Bonchev–Trinajstić information content (AvgIpc) is 2.47. The van der Waals surface area contributed by atoms with E-state index in [0.717, 1.165) is 6.16 Å². The molecule has 0 aliphatic heterocycles. The molecular weight excluding hydrogens is 247 g/mol. The lowest BCUT2D eigenvalue weighted by atomic mass is 9.99. The molecule has 0 amide bonds. The molecule has 1 atom stereocenters. The first-order chi connectivity index (χ1) is 9.26. The molecule has 0 aliphatic carbocycles. The van der Waals surface area contributed by atoms with Crippen molar-refractivity contribution in [3.05, 3.63) is 71.8 Å². The van der Waals surface area contributed by atoms with Crippen LogP contribution in [0.25, 0.3) is 21.9 Å². The zero-order valence-electron chi connectivity index (χ0n) is 11.1. The van der Waals surface area contributed by atoms with Crippen molar-refractivity contribution in [2.24, 2.45) is 0 Å². The molecule has 0 nitrogen and oxygen atoms in total. The second-order valence-electron chi connectivity index (χ2n) is 4.97. The first kappa shape index (κ1) is 12.4. The van der Waals surface area contributed by atoms with E-state index < -0.39 is 0 Å². The van der Waals surface area contributed by atoms with Gasteiger partial charge in [0, 0.05) is 0 Å². The highest BCUT2D eigenvalue weighted by atomic mass is 31.0. The fourth-order valence-electron chi connectivity index (χ4n) is 2.35. The van der Waals surface area contributed by atoms with Crippen molar-refractivity contribution in [2.45, 2.75) is 13.1 Å². The van der Waals surface area contributed by atoms with Crippen LogP contribution in [-0.4, -0.2) is 0 Å². The highest BCUT2D eigenvalue weighted by molar-refractivity contribution is 7.15. The molecule has 0 radical (unpaired) electrons. The zero-order chi connectivity index (χ0) is 13.2. The zero-order valence-corrected chi connectivity index (χ0v) is 12.2. The van der Waals surface area contributed by atoms with Crippen LogP contribution in [0.1, 0.15) is 11.1 Å².